The molecule has 0 atom stereocenters. The third kappa shape index (κ3) is 3.50. The van der Waals surface area contributed by atoms with E-state index in [-0.39, 0.29) is 18.8 Å². The van der Waals surface area contributed by atoms with Crippen LogP contribution in [0, 0.1) is 17.1 Å². The number of nitrogens with zero attached hydrogens (tertiary/aromatic N) is 1. The molecule has 0 radical (unpaired) electrons. The summed E-state index contributed by atoms with van der Waals surface area (Å²) in [6.45, 7) is 0.101. The van der Waals surface area contributed by atoms with Crippen LogP contribution in [0.25, 0.3) is 0 Å². The van der Waals surface area contributed by atoms with Crippen LogP contribution in [-0.4, -0.2) is 12.2 Å². The average molecular weight is 287 g/mol. The number of ether oxygens (including phenoxy) is 2. The third-order valence-corrected chi connectivity index (χ3v) is 2.96. The number of hydrogen-bond acceptors (Lipinski definition) is 4. The molecular weight excluding hydrogens is 273 g/mol. The summed E-state index contributed by atoms with van der Waals surface area (Å²) in [5.41, 5.74) is 1.38. The second kappa shape index (κ2) is 6.73. The zero-order valence-corrected chi connectivity index (χ0v) is 11.5. The Hall–Kier alpha value is -2.58. The van der Waals surface area contributed by atoms with Gasteiger partial charge in [-0.2, -0.15) is 5.26 Å². The van der Waals surface area contributed by atoms with Gasteiger partial charge in [0, 0.05) is 0 Å². The molecule has 1 N–H and O–H groups in total. The summed E-state index contributed by atoms with van der Waals surface area (Å²) in [5, 5.41) is 17.9. The van der Waals surface area contributed by atoms with Crippen molar-refractivity contribution in [2.75, 3.05) is 7.11 Å². The minimum atomic E-state index is -0.550. The number of hydrogen-bond donors (Lipinski definition) is 1. The molecule has 2 rings (SSSR count). The molecule has 21 heavy (non-hydrogen) atoms. The SMILES string of the molecule is COc1cc(CO)ccc1OCc1ccc(F)c(C#N)c1. The van der Waals surface area contributed by atoms with Crippen molar-refractivity contribution < 1.29 is 19.0 Å². The van der Waals surface area contributed by atoms with Gasteiger partial charge >= 0.3 is 0 Å². The van der Waals surface area contributed by atoms with Crippen molar-refractivity contribution in [1.29, 1.82) is 5.26 Å². The van der Waals surface area contributed by atoms with Gasteiger partial charge in [-0.3, -0.25) is 0 Å². The Labute approximate surface area is 122 Å². The van der Waals surface area contributed by atoms with Crippen molar-refractivity contribution in [1.82, 2.24) is 0 Å². The van der Waals surface area contributed by atoms with E-state index < -0.39 is 5.82 Å². The highest BCUT2D eigenvalue weighted by Gasteiger charge is 2.07. The Morgan fingerprint density at radius 1 is 1.14 bits per heavy atom. The minimum absolute atomic E-state index is 0.0151. The number of benzene rings is 2. The topological polar surface area (TPSA) is 62.5 Å². The van der Waals surface area contributed by atoms with E-state index in [1.54, 1.807) is 30.3 Å². The van der Waals surface area contributed by atoms with E-state index in [1.165, 1.54) is 19.2 Å². The molecule has 0 aliphatic carbocycles. The molecular formula is C16H14FNO3. The number of aliphatic hydroxyl groups excluding tert-OH is 1. The van der Waals surface area contributed by atoms with Crippen LogP contribution < -0.4 is 9.47 Å². The summed E-state index contributed by atoms with van der Waals surface area (Å²) < 4.78 is 24.0. The maximum atomic E-state index is 13.2. The third-order valence-electron chi connectivity index (χ3n) is 2.96. The largest absolute Gasteiger partial charge is 0.493 e. The van der Waals surface area contributed by atoms with E-state index in [0.717, 1.165) is 0 Å². The number of aliphatic hydroxyl groups is 1. The fourth-order valence-corrected chi connectivity index (χ4v) is 1.84. The maximum Gasteiger partial charge on any atom is 0.161 e. The van der Waals surface area contributed by atoms with Crippen molar-refractivity contribution in [3.8, 4) is 17.6 Å². The van der Waals surface area contributed by atoms with Crippen molar-refractivity contribution in [2.24, 2.45) is 0 Å². The number of nitriles is 1. The van der Waals surface area contributed by atoms with Crippen LogP contribution in [-0.2, 0) is 13.2 Å². The molecule has 2 aromatic rings. The molecule has 0 fully saturated rings. The van der Waals surface area contributed by atoms with E-state index in [4.69, 9.17) is 19.8 Å². The van der Waals surface area contributed by atoms with Crippen LogP contribution >= 0.6 is 0 Å². The summed E-state index contributed by atoms with van der Waals surface area (Å²) in [6, 6.07) is 11.1. The Morgan fingerprint density at radius 2 is 1.90 bits per heavy atom. The van der Waals surface area contributed by atoms with Crippen molar-refractivity contribution in [3.05, 3.63) is 58.9 Å². The monoisotopic (exact) mass is 287 g/mol. The quantitative estimate of drug-likeness (QED) is 0.918. The zero-order chi connectivity index (χ0) is 15.2. The van der Waals surface area contributed by atoms with Gasteiger partial charge in [0.1, 0.15) is 18.5 Å². The first-order valence-electron chi connectivity index (χ1n) is 6.27. The van der Waals surface area contributed by atoms with Gasteiger partial charge in [0.05, 0.1) is 19.3 Å². The zero-order valence-electron chi connectivity index (χ0n) is 11.5. The Bertz CT molecular complexity index is 680. The first kappa shape index (κ1) is 14.8. The summed E-state index contributed by atoms with van der Waals surface area (Å²) in [6.07, 6.45) is 0. The molecule has 108 valence electrons. The van der Waals surface area contributed by atoms with Gasteiger partial charge in [0.15, 0.2) is 11.5 Å². The van der Waals surface area contributed by atoms with E-state index in [2.05, 4.69) is 0 Å². The van der Waals surface area contributed by atoms with Crippen LogP contribution in [0.3, 0.4) is 0 Å². The fourth-order valence-electron chi connectivity index (χ4n) is 1.84. The molecule has 0 amide bonds. The van der Waals surface area contributed by atoms with Gasteiger partial charge in [0.25, 0.3) is 0 Å². The van der Waals surface area contributed by atoms with Gasteiger partial charge in [-0.05, 0) is 35.4 Å². The summed E-state index contributed by atoms with van der Waals surface area (Å²) in [5.74, 6) is 0.466. The first-order valence-corrected chi connectivity index (χ1v) is 6.27. The molecule has 0 heterocycles. The molecule has 0 aliphatic rings. The second-order valence-electron chi connectivity index (χ2n) is 4.36. The summed E-state index contributed by atoms with van der Waals surface area (Å²) in [4.78, 5) is 0. The molecule has 0 aromatic heterocycles. The van der Waals surface area contributed by atoms with Crippen LogP contribution in [0.5, 0.6) is 11.5 Å². The molecule has 0 spiro atoms. The Balaban J connectivity index is 2.15. The van der Waals surface area contributed by atoms with E-state index in [0.29, 0.717) is 22.6 Å². The normalized spacial score (nSPS) is 10.0. The predicted molar refractivity (Wildman–Crippen MR) is 74.4 cm³/mol. The minimum Gasteiger partial charge on any atom is -0.493 e. The van der Waals surface area contributed by atoms with Crippen LogP contribution in [0.1, 0.15) is 16.7 Å². The highest BCUT2D eigenvalue weighted by Crippen LogP contribution is 2.29. The van der Waals surface area contributed by atoms with Crippen molar-refractivity contribution in [2.45, 2.75) is 13.2 Å². The number of halogens is 1. The molecule has 0 saturated carbocycles. The summed E-state index contributed by atoms with van der Waals surface area (Å²) in [7, 11) is 1.51. The second-order valence-corrected chi connectivity index (χ2v) is 4.36. The lowest BCUT2D eigenvalue weighted by atomic mass is 10.1. The van der Waals surface area contributed by atoms with Crippen molar-refractivity contribution >= 4 is 0 Å². The lowest BCUT2D eigenvalue weighted by Crippen LogP contribution is -1.99. The van der Waals surface area contributed by atoms with Gasteiger partial charge in [-0.1, -0.05) is 12.1 Å². The Kier molecular flexibility index (Phi) is 4.75. The van der Waals surface area contributed by atoms with Gasteiger partial charge in [-0.25, -0.2) is 4.39 Å². The first-order chi connectivity index (χ1) is 10.2. The van der Waals surface area contributed by atoms with Crippen LogP contribution in [0.2, 0.25) is 0 Å². The van der Waals surface area contributed by atoms with E-state index >= 15 is 0 Å². The number of rotatable bonds is 5. The van der Waals surface area contributed by atoms with E-state index in [9.17, 15) is 4.39 Å². The molecule has 5 heteroatoms. The van der Waals surface area contributed by atoms with Gasteiger partial charge < -0.3 is 14.6 Å². The molecule has 4 nitrogen and oxygen atoms in total. The maximum absolute atomic E-state index is 13.2. The molecule has 0 aliphatic heterocycles. The van der Waals surface area contributed by atoms with Crippen LogP contribution in [0.15, 0.2) is 36.4 Å². The fraction of sp³-hybridized carbons (Fsp3) is 0.188. The predicted octanol–water partition coefficient (Wildman–Crippen LogP) is 2.78. The Morgan fingerprint density at radius 3 is 2.57 bits per heavy atom. The molecule has 0 unspecified atom stereocenters. The van der Waals surface area contributed by atoms with Gasteiger partial charge in [0.2, 0.25) is 0 Å². The molecule has 2 aromatic carbocycles. The summed E-state index contributed by atoms with van der Waals surface area (Å²) >= 11 is 0. The number of methoxy groups -OCH3 is 1. The lowest BCUT2D eigenvalue weighted by molar-refractivity contribution is 0.274. The standard InChI is InChI=1S/C16H14FNO3/c1-20-16-7-11(9-19)3-5-15(16)21-10-12-2-4-14(17)13(6-12)8-18/h2-7,19H,9-10H2,1H3. The average Bonchev–Trinajstić information content (AvgIpc) is 2.53. The van der Waals surface area contributed by atoms with Crippen molar-refractivity contribution in [3.63, 3.8) is 0 Å². The van der Waals surface area contributed by atoms with E-state index in [1.807, 2.05) is 0 Å². The highest BCUT2D eigenvalue weighted by molar-refractivity contribution is 5.43. The van der Waals surface area contributed by atoms with Gasteiger partial charge in [-0.15, -0.1) is 0 Å². The lowest BCUT2D eigenvalue weighted by Gasteiger charge is -2.12. The molecule has 0 bridgehead atoms. The molecule has 0 saturated heterocycles. The smallest absolute Gasteiger partial charge is 0.161 e. The highest BCUT2D eigenvalue weighted by atomic mass is 19.1. The van der Waals surface area contributed by atoms with Crippen LogP contribution in [0.4, 0.5) is 4.39 Å².